The Hall–Kier alpha value is -2.41. The topological polar surface area (TPSA) is 67.6 Å². The lowest BCUT2D eigenvalue weighted by atomic mass is 10.1. The third-order valence-electron chi connectivity index (χ3n) is 5.50. The number of aromatic nitrogens is 1. The number of oxazole rings is 1. The summed E-state index contributed by atoms with van der Waals surface area (Å²) in [5, 5.41) is 3.71. The molecule has 1 N–H and O–H groups in total. The molecule has 1 aliphatic rings. The summed E-state index contributed by atoms with van der Waals surface area (Å²) in [4.78, 5) is 19.5. The Morgan fingerprint density at radius 2 is 1.87 bits per heavy atom. The van der Waals surface area contributed by atoms with Gasteiger partial charge in [-0.2, -0.15) is 0 Å². The fourth-order valence-electron chi connectivity index (χ4n) is 3.73. The zero-order valence-electron chi connectivity index (χ0n) is 17.6. The van der Waals surface area contributed by atoms with Crippen molar-refractivity contribution in [3.05, 3.63) is 64.5 Å². The van der Waals surface area contributed by atoms with Crippen LogP contribution in [0.15, 0.2) is 46.9 Å². The zero-order chi connectivity index (χ0) is 21.5. The van der Waals surface area contributed by atoms with Crippen LogP contribution in [0.2, 0.25) is 5.02 Å². The summed E-state index contributed by atoms with van der Waals surface area (Å²) in [5.41, 5.74) is 3.06. The number of unbranched alkanes of at least 4 members (excludes halogenated alkanes) is 2. The fraction of sp³-hybridized carbons (Fsp3) is 0.417. The van der Waals surface area contributed by atoms with Crippen molar-refractivity contribution in [1.29, 1.82) is 0 Å². The highest BCUT2D eigenvalue weighted by Gasteiger charge is 2.12. The van der Waals surface area contributed by atoms with Gasteiger partial charge in [-0.05, 0) is 55.3 Å². The smallest absolute Gasteiger partial charge is 0.251 e. The number of fused-ring (bicyclic) bond motifs is 1. The number of carbonyl (C=O) groups excluding carboxylic acids is 1. The molecule has 31 heavy (non-hydrogen) atoms. The normalized spacial score (nSPS) is 14.7. The van der Waals surface area contributed by atoms with Crippen LogP contribution in [-0.2, 0) is 11.2 Å². The highest BCUT2D eigenvalue weighted by atomic mass is 35.5. The molecule has 0 spiro atoms. The molecule has 1 aromatic heterocycles. The molecule has 0 aliphatic carbocycles. The first-order chi connectivity index (χ1) is 15.2. The predicted octanol–water partition coefficient (Wildman–Crippen LogP) is 4.30. The van der Waals surface area contributed by atoms with E-state index in [-0.39, 0.29) is 5.91 Å². The molecule has 0 atom stereocenters. The summed E-state index contributed by atoms with van der Waals surface area (Å²) >= 11 is 5.94. The summed E-state index contributed by atoms with van der Waals surface area (Å²) in [6, 6.07) is 13.0. The van der Waals surface area contributed by atoms with Gasteiger partial charge in [0.1, 0.15) is 5.52 Å². The Balaban J connectivity index is 1.23. The number of hydrogen-bond acceptors (Lipinski definition) is 5. The van der Waals surface area contributed by atoms with Gasteiger partial charge in [0.15, 0.2) is 11.5 Å². The van der Waals surface area contributed by atoms with Gasteiger partial charge in [0.2, 0.25) is 0 Å². The van der Waals surface area contributed by atoms with E-state index in [2.05, 4.69) is 15.2 Å². The first kappa shape index (κ1) is 21.8. The zero-order valence-corrected chi connectivity index (χ0v) is 18.4. The highest BCUT2D eigenvalue weighted by molar-refractivity contribution is 6.30. The quantitative estimate of drug-likeness (QED) is 0.501. The SMILES string of the molecule is O=C(NCCCCCN1CCOCC1)c1ccc2oc(Cc3ccc(Cl)cc3)nc2c1. The molecule has 1 aliphatic heterocycles. The maximum Gasteiger partial charge on any atom is 0.251 e. The van der Waals surface area contributed by atoms with Crippen LogP contribution in [0.1, 0.15) is 41.1 Å². The lowest BCUT2D eigenvalue weighted by Gasteiger charge is -2.26. The van der Waals surface area contributed by atoms with E-state index in [0.29, 0.717) is 40.5 Å². The van der Waals surface area contributed by atoms with Crippen molar-refractivity contribution in [2.45, 2.75) is 25.7 Å². The average Bonchev–Trinajstić information content (AvgIpc) is 3.19. The number of rotatable bonds is 9. The van der Waals surface area contributed by atoms with Crippen molar-refractivity contribution >= 4 is 28.6 Å². The van der Waals surface area contributed by atoms with E-state index in [9.17, 15) is 4.79 Å². The number of nitrogens with zero attached hydrogens (tertiary/aromatic N) is 2. The molecular formula is C24H28ClN3O3. The molecule has 2 heterocycles. The Morgan fingerprint density at radius 1 is 1.06 bits per heavy atom. The first-order valence-corrected chi connectivity index (χ1v) is 11.3. The summed E-state index contributed by atoms with van der Waals surface area (Å²) < 4.78 is 11.2. The minimum atomic E-state index is -0.0719. The lowest BCUT2D eigenvalue weighted by molar-refractivity contribution is 0.0371. The number of nitrogens with one attached hydrogen (secondary N) is 1. The van der Waals surface area contributed by atoms with Crippen molar-refractivity contribution in [2.24, 2.45) is 0 Å². The number of morpholine rings is 1. The van der Waals surface area contributed by atoms with Crippen LogP contribution in [0.5, 0.6) is 0 Å². The van der Waals surface area contributed by atoms with Crippen molar-refractivity contribution in [2.75, 3.05) is 39.4 Å². The average molecular weight is 442 g/mol. The minimum Gasteiger partial charge on any atom is -0.440 e. The molecular weight excluding hydrogens is 414 g/mol. The number of amides is 1. The molecule has 1 amide bonds. The van der Waals surface area contributed by atoms with Gasteiger partial charge in [0, 0.05) is 36.6 Å². The number of hydrogen-bond donors (Lipinski definition) is 1. The van der Waals surface area contributed by atoms with E-state index < -0.39 is 0 Å². The van der Waals surface area contributed by atoms with Crippen LogP contribution < -0.4 is 5.32 Å². The molecule has 0 radical (unpaired) electrons. The molecule has 0 bridgehead atoms. The Morgan fingerprint density at radius 3 is 2.68 bits per heavy atom. The van der Waals surface area contributed by atoms with Crippen molar-refractivity contribution in [3.63, 3.8) is 0 Å². The van der Waals surface area contributed by atoms with Crippen molar-refractivity contribution in [3.8, 4) is 0 Å². The van der Waals surface area contributed by atoms with E-state index in [1.807, 2.05) is 30.3 Å². The lowest BCUT2D eigenvalue weighted by Crippen LogP contribution is -2.36. The maximum absolute atomic E-state index is 12.5. The number of carbonyl (C=O) groups is 1. The largest absolute Gasteiger partial charge is 0.440 e. The number of halogens is 1. The van der Waals surface area contributed by atoms with Crippen LogP contribution in [-0.4, -0.2) is 55.2 Å². The molecule has 2 aromatic carbocycles. The molecule has 3 aromatic rings. The maximum atomic E-state index is 12.5. The molecule has 0 saturated carbocycles. The molecule has 164 valence electrons. The molecule has 4 rings (SSSR count). The van der Waals surface area contributed by atoms with Crippen molar-refractivity contribution in [1.82, 2.24) is 15.2 Å². The van der Waals surface area contributed by atoms with E-state index >= 15 is 0 Å². The molecule has 1 fully saturated rings. The second-order valence-corrected chi connectivity index (χ2v) is 8.30. The number of ether oxygens (including phenoxy) is 1. The van der Waals surface area contributed by atoms with E-state index in [1.54, 1.807) is 12.1 Å². The summed E-state index contributed by atoms with van der Waals surface area (Å²) in [7, 11) is 0. The van der Waals surface area contributed by atoms with E-state index in [0.717, 1.165) is 57.7 Å². The van der Waals surface area contributed by atoms with Gasteiger partial charge in [-0.3, -0.25) is 9.69 Å². The third-order valence-corrected chi connectivity index (χ3v) is 5.76. The summed E-state index contributed by atoms with van der Waals surface area (Å²) in [6.45, 7) is 5.54. The first-order valence-electron chi connectivity index (χ1n) is 10.9. The second-order valence-electron chi connectivity index (χ2n) is 7.86. The fourth-order valence-corrected chi connectivity index (χ4v) is 3.86. The van der Waals surface area contributed by atoms with Crippen LogP contribution >= 0.6 is 11.6 Å². The van der Waals surface area contributed by atoms with Gasteiger partial charge in [0.05, 0.1) is 13.2 Å². The van der Waals surface area contributed by atoms with Gasteiger partial charge in [0.25, 0.3) is 5.91 Å². The van der Waals surface area contributed by atoms with E-state index in [1.165, 1.54) is 0 Å². The third kappa shape index (κ3) is 6.29. The van der Waals surface area contributed by atoms with Crippen LogP contribution in [0, 0.1) is 0 Å². The Kier molecular flexibility index (Phi) is 7.57. The minimum absolute atomic E-state index is 0.0719. The van der Waals surface area contributed by atoms with Gasteiger partial charge in [-0.1, -0.05) is 30.2 Å². The molecule has 1 saturated heterocycles. The molecule has 7 heteroatoms. The predicted molar refractivity (Wildman–Crippen MR) is 122 cm³/mol. The van der Waals surface area contributed by atoms with Crippen LogP contribution in [0.25, 0.3) is 11.1 Å². The Bertz CT molecular complexity index is 997. The van der Waals surface area contributed by atoms with Gasteiger partial charge < -0.3 is 14.5 Å². The van der Waals surface area contributed by atoms with Gasteiger partial charge in [-0.15, -0.1) is 0 Å². The van der Waals surface area contributed by atoms with Crippen LogP contribution in [0.4, 0.5) is 0 Å². The summed E-state index contributed by atoms with van der Waals surface area (Å²) in [5.74, 6) is 0.549. The monoisotopic (exact) mass is 441 g/mol. The van der Waals surface area contributed by atoms with Crippen LogP contribution in [0.3, 0.4) is 0 Å². The van der Waals surface area contributed by atoms with Gasteiger partial charge in [-0.25, -0.2) is 4.98 Å². The van der Waals surface area contributed by atoms with Crippen molar-refractivity contribution < 1.29 is 13.9 Å². The summed E-state index contributed by atoms with van der Waals surface area (Å²) in [6.07, 6.45) is 3.82. The molecule has 6 nitrogen and oxygen atoms in total. The highest BCUT2D eigenvalue weighted by Crippen LogP contribution is 2.20. The Labute approximate surface area is 187 Å². The van der Waals surface area contributed by atoms with E-state index in [4.69, 9.17) is 20.8 Å². The number of benzene rings is 2. The molecule has 0 unspecified atom stereocenters. The standard InChI is InChI=1S/C24H28ClN3O3/c25-20-7-4-18(5-8-20)16-23-27-21-17-19(6-9-22(21)31-23)24(29)26-10-2-1-3-11-28-12-14-30-15-13-28/h4-9,17H,1-3,10-16H2,(H,26,29). The second kappa shape index (κ2) is 10.8. The van der Waals surface area contributed by atoms with Gasteiger partial charge >= 0.3 is 0 Å².